The number of benzene rings is 3. The third kappa shape index (κ3) is 5.32. The summed E-state index contributed by atoms with van der Waals surface area (Å²) in [6, 6.07) is 20.4. The highest BCUT2D eigenvalue weighted by atomic mass is 19.4. The Morgan fingerprint density at radius 3 is 2.13 bits per heavy atom. The molecule has 0 aliphatic carbocycles. The molecule has 6 nitrogen and oxygen atoms in total. The number of unbranched alkanes of at least 4 members (excludes halogenated alkanes) is 1. The summed E-state index contributed by atoms with van der Waals surface area (Å²) in [5.74, 6) is -2.12. The van der Waals surface area contributed by atoms with Crippen LogP contribution in [-0.2, 0) is 19.1 Å². The Balaban J connectivity index is 1.80. The van der Waals surface area contributed by atoms with Gasteiger partial charge in [0.15, 0.2) is 5.69 Å². The van der Waals surface area contributed by atoms with Gasteiger partial charge < -0.3 is 5.11 Å². The largest absolute Gasteiger partial charge is 0.478 e. The van der Waals surface area contributed by atoms with E-state index in [0.29, 0.717) is 29.5 Å². The molecule has 3 aromatic carbocycles. The van der Waals surface area contributed by atoms with Gasteiger partial charge in [0.05, 0.1) is 17.8 Å². The van der Waals surface area contributed by atoms with Crippen molar-refractivity contribution in [2.24, 2.45) is 0 Å². The van der Waals surface area contributed by atoms with Crippen LogP contribution in [0.1, 0.15) is 57.4 Å². The summed E-state index contributed by atoms with van der Waals surface area (Å²) in [6.45, 7) is 1.65. The minimum Gasteiger partial charge on any atom is -0.478 e. The van der Waals surface area contributed by atoms with Crippen molar-refractivity contribution in [3.63, 3.8) is 0 Å². The zero-order valence-corrected chi connectivity index (χ0v) is 20.5. The molecule has 0 aliphatic rings. The molecule has 0 aliphatic heterocycles. The van der Waals surface area contributed by atoms with Crippen molar-refractivity contribution in [1.82, 2.24) is 9.13 Å². The number of nitrogens with zero attached hydrogens (tertiary/aromatic N) is 2. The van der Waals surface area contributed by atoms with Crippen LogP contribution < -0.4 is 5.69 Å². The third-order valence-electron chi connectivity index (χ3n) is 6.27. The average Bonchev–Trinajstić information content (AvgIpc) is 3.19. The van der Waals surface area contributed by atoms with E-state index >= 15 is 0 Å². The van der Waals surface area contributed by atoms with Crippen LogP contribution in [0.4, 0.5) is 13.2 Å². The molecule has 196 valence electrons. The summed E-state index contributed by atoms with van der Waals surface area (Å²) in [5.41, 5.74) is -0.836. The van der Waals surface area contributed by atoms with E-state index in [1.165, 1.54) is 30.3 Å². The molecule has 4 rings (SSSR count). The lowest BCUT2D eigenvalue weighted by Crippen LogP contribution is -2.32. The molecular weight excluding hydrogens is 497 g/mol. The van der Waals surface area contributed by atoms with Gasteiger partial charge in [0.2, 0.25) is 0 Å². The highest BCUT2D eigenvalue weighted by molar-refractivity contribution is 5.97. The fraction of sp³-hybridized carbons (Fsp3) is 0.207. The van der Waals surface area contributed by atoms with Crippen molar-refractivity contribution < 1.29 is 27.9 Å². The molecule has 1 heterocycles. The van der Waals surface area contributed by atoms with Crippen molar-refractivity contribution in [3.8, 4) is 11.1 Å². The van der Waals surface area contributed by atoms with Gasteiger partial charge in [-0.25, -0.2) is 14.2 Å². The van der Waals surface area contributed by atoms with E-state index in [9.17, 15) is 32.7 Å². The van der Waals surface area contributed by atoms with E-state index in [2.05, 4.69) is 0 Å². The highest BCUT2D eigenvalue weighted by Crippen LogP contribution is 2.33. The molecule has 0 atom stereocenters. The standard InChI is InChI=1S/C29H25F3N2O4/c1-2-3-13-24-25(29(30,31)32)34(26(35)21-9-5-4-6-10-21)28(38)33(24)18-19-14-16-20(17-15-19)22-11-7-8-12-23(22)27(36)37/h4-12,14-17H,2-3,13,18H2,1H3,(H,36,37). The number of halogens is 3. The summed E-state index contributed by atoms with van der Waals surface area (Å²) in [6.07, 6.45) is -3.96. The van der Waals surface area contributed by atoms with Gasteiger partial charge in [-0.15, -0.1) is 0 Å². The van der Waals surface area contributed by atoms with Crippen LogP contribution in [0.2, 0.25) is 0 Å². The molecule has 0 fully saturated rings. The van der Waals surface area contributed by atoms with E-state index in [-0.39, 0.29) is 34.4 Å². The highest BCUT2D eigenvalue weighted by Gasteiger charge is 2.42. The number of aromatic nitrogens is 2. The molecule has 0 saturated heterocycles. The number of aromatic carboxylic acids is 1. The number of hydrogen-bond donors (Lipinski definition) is 1. The molecule has 0 saturated carbocycles. The van der Waals surface area contributed by atoms with Crippen LogP contribution >= 0.6 is 0 Å². The first-order valence-electron chi connectivity index (χ1n) is 12.1. The smallest absolute Gasteiger partial charge is 0.433 e. The predicted octanol–water partition coefficient (Wildman–Crippen LogP) is 6.11. The minimum absolute atomic E-state index is 0.0271. The number of carboxylic acid groups (broad SMARTS) is 1. The quantitative estimate of drug-likeness (QED) is 0.303. The molecule has 0 bridgehead atoms. The lowest BCUT2D eigenvalue weighted by molar-refractivity contribution is -0.143. The molecular formula is C29H25F3N2O4. The van der Waals surface area contributed by atoms with E-state index in [4.69, 9.17) is 0 Å². The zero-order valence-electron chi connectivity index (χ0n) is 20.5. The van der Waals surface area contributed by atoms with Gasteiger partial charge in [-0.3, -0.25) is 9.36 Å². The van der Waals surface area contributed by atoms with Crippen LogP contribution in [0.25, 0.3) is 11.1 Å². The van der Waals surface area contributed by atoms with Crippen molar-refractivity contribution in [2.45, 2.75) is 38.9 Å². The van der Waals surface area contributed by atoms with Crippen LogP contribution in [-0.4, -0.2) is 26.1 Å². The molecule has 0 unspecified atom stereocenters. The number of carbonyl (C=O) groups excluding carboxylic acids is 1. The second-order valence-corrected chi connectivity index (χ2v) is 8.82. The van der Waals surface area contributed by atoms with Gasteiger partial charge in [0.25, 0.3) is 5.91 Å². The van der Waals surface area contributed by atoms with E-state index in [0.717, 1.165) is 4.57 Å². The van der Waals surface area contributed by atoms with Gasteiger partial charge in [-0.1, -0.05) is 74.0 Å². The van der Waals surface area contributed by atoms with Crippen molar-refractivity contribution in [1.29, 1.82) is 0 Å². The number of carbonyl (C=O) groups is 2. The van der Waals surface area contributed by atoms with Crippen molar-refractivity contribution in [2.75, 3.05) is 0 Å². The van der Waals surface area contributed by atoms with Crippen LogP contribution in [0, 0.1) is 0 Å². The Morgan fingerprint density at radius 1 is 0.895 bits per heavy atom. The van der Waals surface area contributed by atoms with E-state index in [1.54, 1.807) is 48.5 Å². The van der Waals surface area contributed by atoms with Gasteiger partial charge in [-0.2, -0.15) is 13.2 Å². The van der Waals surface area contributed by atoms with E-state index in [1.807, 2.05) is 6.92 Å². The summed E-state index contributed by atoms with van der Waals surface area (Å²) < 4.78 is 44.2. The molecule has 0 radical (unpaired) electrons. The van der Waals surface area contributed by atoms with Gasteiger partial charge in [0, 0.05) is 5.56 Å². The van der Waals surface area contributed by atoms with Crippen molar-refractivity contribution >= 4 is 11.9 Å². The molecule has 0 amide bonds. The van der Waals surface area contributed by atoms with Crippen LogP contribution in [0.5, 0.6) is 0 Å². The second kappa shape index (κ2) is 10.9. The summed E-state index contributed by atoms with van der Waals surface area (Å²) in [5, 5.41) is 9.47. The maximum absolute atomic E-state index is 14.3. The summed E-state index contributed by atoms with van der Waals surface area (Å²) in [7, 11) is 0. The van der Waals surface area contributed by atoms with E-state index < -0.39 is 29.4 Å². The minimum atomic E-state index is -4.93. The van der Waals surface area contributed by atoms with Gasteiger partial charge >= 0.3 is 17.8 Å². The average molecular weight is 523 g/mol. The molecule has 4 aromatic rings. The number of alkyl halides is 3. The fourth-order valence-corrected chi connectivity index (χ4v) is 4.43. The number of rotatable bonds is 8. The molecule has 9 heteroatoms. The predicted molar refractivity (Wildman–Crippen MR) is 136 cm³/mol. The maximum Gasteiger partial charge on any atom is 0.433 e. The normalized spacial score (nSPS) is 11.5. The summed E-state index contributed by atoms with van der Waals surface area (Å²) in [4.78, 5) is 38.1. The lowest BCUT2D eigenvalue weighted by atomic mass is 9.98. The Labute approximate surface area is 216 Å². The Kier molecular flexibility index (Phi) is 7.66. The Bertz CT molecular complexity index is 1520. The second-order valence-electron chi connectivity index (χ2n) is 8.82. The fourth-order valence-electron chi connectivity index (χ4n) is 4.43. The molecule has 1 aromatic heterocycles. The zero-order chi connectivity index (χ0) is 27.4. The first kappa shape index (κ1) is 26.7. The molecule has 38 heavy (non-hydrogen) atoms. The first-order chi connectivity index (χ1) is 18.1. The number of imidazole rings is 1. The number of carboxylic acids is 1. The van der Waals surface area contributed by atoms with Gasteiger partial charge in [0.1, 0.15) is 0 Å². The number of hydrogen-bond acceptors (Lipinski definition) is 3. The third-order valence-corrected chi connectivity index (χ3v) is 6.27. The van der Waals surface area contributed by atoms with Crippen LogP contribution in [0.15, 0.2) is 83.7 Å². The SMILES string of the molecule is CCCCc1c(C(F)(F)F)n(C(=O)c2ccccc2)c(=O)n1Cc1ccc(-c2ccccc2C(=O)O)cc1. The monoisotopic (exact) mass is 522 g/mol. The maximum atomic E-state index is 14.3. The van der Waals surface area contributed by atoms with Gasteiger partial charge in [-0.05, 0) is 47.7 Å². The lowest BCUT2D eigenvalue weighted by Gasteiger charge is -2.13. The first-order valence-corrected chi connectivity index (χ1v) is 12.1. The van der Waals surface area contributed by atoms with Crippen molar-refractivity contribution in [3.05, 3.63) is 117 Å². The molecule has 0 spiro atoms. The van der Waals surface area contributed by atoms with Crippen LogP contribution in [0.3, 0.4) is 0 Å². The summed E-state index contributed by atoms with van der Waals surface area (Å²) >= 11 is 0. The Hall–Kier alpha value is -4.40. The topological polar surface area (TPSA) is 81.3 Å². The Morgan fingerprint density at radius 2 is 1.53 bits per heavy atom. The molecule has 1 N–H and O–H groups in total.